The Balaban J connectivity index is 1.59. The van der Waals surface area contributed by atoms with Crippen LogP contribution in [0.5, 0.6) is 5.06 Å². The highest BCUT2D eigenvalue weighted by Crippen LogP contribution is 2.41. The second-order valence-corrected chi connectivity index (χ2v) is 8.47. The van der Waals surface area contributed by atoms with Gasteiger partial charge in [0.1, 0.15) is 6.04 Å². The van der Waals surface area contributed by atoms with Gasteiger partial charge in [-0.15, -0.1) is 11.3 Å². The predicted molar refractivity (Wildman–Crippen MR) is 98.3 cm³/mol. The zero-order valence-electron chi connectivity index (χ0n) is 13.8. The third-order valence-corrected chi connectivity index (χ3v) is 6.43. The van der Waals surface area contributed by atoms with E-state index in [2.05, 4.69) is 0 Å². The normalized spacial score (nSPS) is 19.0. The highest BCUT2D eigenvalue weighted by molar-refractivity contribution is 7.54. The Morgan fingerprint density at radius 1 is 1.46 bits per heavy atom. The van der Waals surface area contributed by atoms with E-state index < -0.39 is 14.0 Å². The molecule has 0 radical (unpaired) electrons. The van der Waals surface area contributed by atoms with Crippen molar-refractivity contribution >= 4 is 42.6 Å². The molecule has 0 spiro atoms. The molecule has 2 aromatic rings. The van der Waals surface area contributed by atoms with Crippen LogP contribution in [0.4, 0.5) is 0 Å². The molecule has 0 bridgehead atoms. The van der Waals surface area contributed by atoms with Crippen LogP contribution in [0.3, 0.4) is 0 Å². The molecule has 1 aromatic carbocycles. The van der Waals surface area contributed by atoms with Crippen molar-refractivity contribution < 1.29 is 23.7 Å². The maximum atomic E-state index is 12.5. The first-order chi connectivity index (χ1) is 12.6. The lowest BCUT2D eigenvalue weighted by Gasteiger charge is -2.33. The molecule has 4 rings (SSSR count). The van der Waals surface area contributed by atoms with Crippen molar-refractivity contribution in [1.82, 2.24) is 4.90 Å². The monoisotopic (exact) mass is 411 g/mol. The van der Waals surface area contributed by atoms with Gasteiger partial charge in [0.25, 0.3) is 0 Å². The van der Waals surface area contributed by atoms with Crippen molar-refractivity contribution in [2.45, 2.75) is 19.0 Å². The van der Waals surface area contributed by atoms with Crippen LogP contribution < -0.4 is 9.63 Å². The number of benzene rings is 1. The van der Waals surface area contributed by atoms with Crippen molar-refractivity contribution in [3.63, 3.8) is 0 Å². The van der Waals surface area contributed by atoms with E-state index in [9.17, 15) is 9.69 Å². The molecular weight excluding hydrogens is 397 g/mol. The van der Waals surface area contributed by atoms with E-state index >= 15 is 0 Å². The zero-order chi connectivity index (χ0) is 18.3. The Morgan fingerprint density at radius 2 is 2.23 bits per heavy atom. The number of esters is 1. The Kier molecular flexibility index (Phi) is 5.01. The Morgan fingerprint density at radius 3 is 2.92 bits per heavy atom. The molecule has 0 fully saturated rings. The average Bonchev–Trinajstić information content (AvgIpc) is 3.17. The average molecular weight is 412 g/mol. The first kappa shape index (κ1) is 17.9. The zero-order valence-corrected chi connectivity index (χ0v) is 16.3. The van der Waals surface area contributed by atoms with E-state index in [0.29, 0.717) is 23.2 Å². The lowest BCUT2D eigenvalue weighted by Crippen LogP contribution is -2.38. The van der Waals surface area contributed by atoms with Gasteiger partial charge in [-0.1, -0.05) is 34.3 Å². The topological polar surface area (TPSA) is 74.4 Å². The fourth-order valence-electron chi connectivity index (χ4n) is 3.07. The Bertz CT molecular complexity index is 899. The van der Waals surface area contributed by atoms with Crippen LogP contribution in [0.25, 0.3) is 0 Å². The third kappa shape index (κ3) is 3.51. The number of methoxy groups -OCH3 is 1. The number of nitrogens with zero attached hydrogens (tertiary/aromatic N) is 1. The van der Waals surface area contributed by atoms with Crippen LogP contribution in [0.2, 0.25) is 5.02 Å². The smallest absolute Gasteiger partial charge is 0.495 e. The number of ether oxygens (including phenoxy) is 2. The van der Waals surface area contributed by atoms with Gasteiger partial charge >= 0.3 is 19.6 Å². The van der Waals surface area contributed by atoms with Crippen LogP contribution in [0, 0.1) is 0 Å². The molecule has 1 aromatic heterocycles. The van der Waals surface area contributed by atoms with Gasteiger partial charge in [-0.25, -0.2) is 4.79 Å². The van der Waals surface area contributed by atoms with Crippen LogP contribution in [0.1, 0.15) is 22.0 Å². The minimum Gasteiger partial charge on any atom is -0.597 e. The summed E-state index contributed by atoms with van der Waals surface area (Å²) >= 11 is 7.84. The first-order valence-corrected chi connectivity index (χ1v) is 10.3. The molecule has 6 nitrogen and oxygen atoms in total. The number of rotatable bonds is 5. The van der Waals surface area contributed by atoms with Crippen LogP contribution in [0.15, 0.2) is 30.3 Å². The van der Waals surface area contributed by atoms with Gasteiger partial charge in [-0.3, -0.25) is 4.90 Å². The van der Waals surface area contributed by atoms with E-state index in [1.54, 1.807) is 6.07 Å². The number of hydrogen-bond acceptors (Lipinski definition) is 7. The molecule has 0 saturated heterocycles. The Hall–Kier alpha value is -1.47. The Labute approximate surface area is 160 Å². The van der Waals surface area contributed by atoms with E-state index in [-0.39, 0.29) is 11.6 Å². The molecule has 136 valence electrons. The number of hydrogen-bond donors (Lipinski definition) is 0. The van der Waals surface area contributed by atoms with Gasteiger partial charge in [0.2, 0.25) is 0 Å². The summed E-state index contributed by atoms with van der Waals surface area (Å²) in [5.41, 5.74) is 1.99. The van der Waals surface area contributed by atoms with Gasteiger partial charge in [0.15, 0.2) is 5.06 Å². The fourth-order valence-corrected chi connectivity index (χ4v) is 4.79. The van der Waals surface area contributed by atoms with Gasteiger partial charge < -0.3 is 14.4 Å². The summed E-state index contributed by atoms with van der Waals surface area (Å²) in [5.74, 6) is -0.341. The molecule has 2 atom stereocenters. The molecule has 2 aliphatic rings. The number of halogens is 1. The van der Waals surface area contributed by atoms with E-state index in [1.165, 1.54) is 23.3 Å². The number of thiophene rings is 1. The molecule has 2 aliphatic heterocycles. The van der Waals surface area contributed by atoms with Crippen molar-refractivity contribution in [1.29, 1.82) is 0 Å². The number of fused-ring (bicyclic) bond motifs is 1. The summed E-state index contributed by atoms with van der Waals surface area (Å²) < 4.78 is 15.2. The molecular formula is C17H15ClNO5PS. The third-order valence-electron chi connectivity index (χ3n) is 4.33. The summed E-state index contributed by atoms with van der Waals surface area (Å²) in [6, 6.07) is 8.65. The molecule has 0 N–H and O–H groups in total. The van der Waals surface area contributed by atoms with Gasteiger partial charge in [-0.05, 0) is 29.7 Å². The second-order valence-electron chi connectivity index (χ2n) is 5.90. The molecule has 0 amide bonds. The van der Waals surface area contributed by atoms with Crippen molar-refractivity contribution in [3.8, 4) is 5.06 Å². The summed E-state index contributed by atoms with van der Waals surface area (Å²) in [5, 5.41) is 1.19. The quantitative estimate of drug-likeness (QED) is 0.556. The van der Waals surface area contributed by atoms with Gasteiger partial charge in [0, 0.05) is 23.0 Å². The molecule has 0 aliphatic carbocycles. The second kappa shape index (κ2) is 7.27. The molecule has 3 heterocycles. The summed E-state index contributed by atoms with van der Waals surface area (Å²) in [6.45, 7) is 1.27. The van der Waals surface area contributed by atoms with Crippen molar-refractivity contribution in [3.05, 3.63) is 51.4 Å². The lowest BCUT2D eigenvalue weighted by atomic mass is 10.0. The maximum absolute atomic E-state index is 12.5. The summed E-state index contributed by atoms with van der Waals surface area (Å²) in [4.78, 5) is 26.8. The molecule has 9 heteroatoms. The minimum atomic E-state index is -1.75. The maximum Gasteiger partial charge on any atom is 0.495 e. The summed E-state index contributed by atoms with van der Waals surface area (Å²) in [7, 11) is -0.369. The van der Waals surface area contributed by atoms with E-state index in [0.717, 1.165) is 17.5 Å². The van der Waals surface area contributed by atoms with E-state index in [1.807, 2.05) is 29.2 Å². The molecule has 26 heavy (non-hydrogen) atoms. The predicted octanol–water partition coefficient (Wildman–Crippen LogP) is 2.84. The fraction of sp³-hybridized carbons (Fsp3) is 0.294. The lowest BCUT2D eigenvalue weighted by molar-refractivity contribution is -0.159. The summed E-state index contributed by atoms with van der Waals surface area (Å²) in [6.07, 6.45) is 0.781. The highest BCUT2D eigenvalue weighted by Gasteiger charge is 2.38. The molecule has 1 unspecified atom stereocenters. The van der Waals surface area contributed by atoms with E-state index in [4.69, 9.17) is 25.6 Å². The van der Waals surface area contributed by atoms with Gasteiger partial charge in [-0.2, -0.15) is 0 Å². The number of carbonyl (C=O) groups is 1. The van der Waals surface area contributed by atoms with Crippen LogP contribution in [-0.4, -0.2) is 30.2 Å². The largest absolute Gasteiger partial charge is 0.597 e. The van der Waals surface area contributed by atoms with Crippen molar-refractivity contribution in [2.24, 2.45) is 0 Å². The van der Waals surface area contributed by atoms with Crippen molar-refractivity contribution in [2.75, 3.05) is 13.7 Å². The van der Waals surface area contributed by atoms with Gasteiger partial charge in [0.05, 0.1) is 7.11 Å². The molecule has 0 saturated carbocycles. The van der Waals surface area contributed by atoms with Crippen LogP contribution >= 0.6 is 30.9 Å². The number of carbonyl (C=O) groups excluding carboxylic acids is 1. The van der Waals surface area contributed by atoms with Crippen LogP contribution in [-0.2, 0) is 27.0 Å². The SMILES string of the molecule is COC(=O)[C@H](c1ccccc1Cl)N1CCc2sc(OC3=[P+]([O-])O3)cc2C1. The highest BCUT2D eigenvalue weighted by atomic mass is 35.5. The minimum absolute atomic E-state index is 0.180. The first-order valence-electron chi connectivity index (χ1n) is 7.94. The standard InChI is InChI=1S/C17H15ClNO5PS/c1-22-16(20)15(11-4-2-3-5-12(11)18)19-7-6-13-10(9-19)8-14(26-13)23-17-24-25(17)21/h2-5,8,15H,6-7,9H2,1H3/t15-/m0/s1.